The van der Waals surface area contributed by atoms with E-state index in [1.165, 1.54) is 44.8 Å². The molecule has 6 heterocycles. The molecule has 0 radical (unpaired) electrons. The van der Waals surface area contributed by atoms with Gasteiger partial charge in [-0.15, -0.1) is 0 Å². The molecule has 0 saturated carbocycles. The van der Waals surface area contributed by atoms with Gasteiger partial charge in [-0.3, -0.25) is 14.8 Å². The maximum absolute atomic E-state index is 14.1. The summed E-state index contributed by atoms with van der Waals surface area (Å²) in [6, 6.07) is 27.1. The summed E-state index contributed by atoms with van der Waals surface area (Å²) in [4.78, 5) is 26.9. The highest BCUT2D eigenvalue weighted by Gasteiger charge is 2.42. The van der Waals surface area contributed by atoms with Crippen LogP contribution >= 0.6 is 23.2 Å². The van der Waals surface area contributed by atoms with Gasteiger partial charge < -0.3 is 44.0 Å². The summed E-state index contributed by atoms with van der Waals surface area (Å²) in [5.41, 5.74) is 12.9. The fourth-order valence-electron chi connectivity index (χ4n) is 10.7. The van der Waals surface area contributed by atoms with Crippen molar-refractivity contribution in [1.82, 2.24) is 19.8 Å². The number of likely N-dealkylation sites (tertiary alicyclic amines) is 2. The first-order chi connectivity index (χ1) is 37.3. The van der Waals surface area contributed by atoms with Crippen LogP contribution in [0.15, 0.2) is 103 Å². The Morgan fingerprint density at radius 1 is 0.610 bits per heavy atom. The lowest BCUT2D eigenvalue weighted by atomic mass is 9.77. The van der Waals surface area contributed by atoms with E-state index in [2.05, 4.69) is 32.8 Å². The number of nitrogens with two attached hydrogens (primary N) is 1. The van der Waals surface area contributed by atoms with E-state index < -0.39 is 0 Å². The quantitative estimate of drug-likeness (QED) is 0.0648. The number of halogens is 3. The molecule has 77 heavy (non-hydrogen) atoms. The molecule has 7 aromatic rings. The van der Waals surface area contributed by atoms with E-state index in [1.807, 2.05) is 44.2 Å². The molecule has 0 bridgehead atoms. The van der Waals surface area contributed by atoms with Crippen LogP contribution in [0.25, 0.3) is 21.8 Å². The van der Waals surface area contributed by atoms with Crippen LogP contribution in [0, 0.1) is 37.4 Å². The average Bonchev–Trinajstić information content (AvgIpc) is 3.40. The molecule has 5 aromatic carbocycles. The first-order valence-electron chi connectivity index (χ1n) is 26.9. The van der Waals surface area contributed by atoms with Crippen molar-refractivity contribution in [3.63, 3.8) is 0 Å². The van der Waals surface area contributed by atoms with E-state index >= 15 is 0 Å². The number of benzene rings is 5. The Balaban J connectivity index is 0.000000182. The van der Waals surface area contributed by atoms with Crippen molar-refractivity contribution in [3.05, 3.63) is 147 Å². The zero-order chi connectivity index (χ0) is 53.5. The fraction of sp³-hybridized carbons (Fsp3) is 0.403. The molecule has 0 unspecified atom stereocenters. The van der Waals surface area contributed by atoms with Crippen LogP contribution in [0.1, 0.15) is 66.3 Å². The van der Waals surface area contributed by atoms with Gasteiger partial charge in [0.25, 0.3) is 0 Å². The summed E-state index contributed by atoms with van der Waals surface area (Å²) < 4.78 is 49.6. The zero-order valence-corrected chi connectivity index (χ0v) is 45.8. The minimum atomic E-state index is -0.372. The molecular weight excluding hydrogens is 1020 g/mol. The first kappa shape index (κ1) is 54.3. The monoisotopic (exact) mass is 1080 g/mol. The Kier molecular flexibility index (Phi) is 17.1. The summed E-state index contributed by atoms with van der Waals surface area (Å²) in [5, 5.41) is 2.69. The number of aryl methyl sites for hydroxylation is 3. The van der Waals surface area contributed by atoms with Gasteiger partial charge in [-0.25, -0.2) is 4.39 Å². The minimum Gasteiger partial charge on any atom is -0.493 e. The molecule has 4 saturated heterocycles. The third kappa shape index (κ3) is 13.4. The SMILES string of the molecule is Cc1cc2c(Oc3ccc(N)c(Cl)c3)ccnc2cc1OCCCN1CCC2(CC1)COC2.Cc1ccc(F)c(CC(=O)Cc2ccc(Oc3ccnc4cc(OCCCN5CCC6(CC5)COC6)c(C)cc34)cc2Cl)c1. The predicted molar refractivity (Wildman–Crippen MR) is 302 cm³/mol. The normalized spacial score (nSPS) is 16.9. The van der Waals surface area contributed by atoms with Crippen LogP contribution in [0.5, 0.6) is 34.5 Å². The third-order valence-electron chi connectivity index (χ3n) is 15.6. The molecule has 4 aliphatic rings. The molecular formula is C62H68Cl2FN5O7. The zero-order valence-electron chi connectivity index (χ0n) is 44.3. The molecule has 2 N–H and O–H groups in total. The number of rotatable bonds is 18. The summed E-state index contributed by atoms with van der Waals surface area (Å²) >= 11 is 12.7. The number of ether oxygens (including phenoxy) is 6. The lowest BCUT2D eigenvalue weighted by Gasteiger charge is -2.47. The van der Waals surface area contributed by atoms with Crippen LogP contribution in [0.4, 0.5) is 10.1 Å². The van der Waals surface area contributed by atoms with Gasteiger partial charge in [0, 0.05) is 83.1 Å². The summed E-state index contributed by atoms with van der Waals surface area (Å²) in [6.45, 7) is 17.8. The highest BCUT2D eigenvalue weighted by atomic mass is 35.5. The number of piperidine rings is 2. The van der Waals surface area contributed by atoms with Gasteiger partial charge in [-0.1, -0.05) is 47.0 Å². The van der Waals surface area contributed by atoms with Crippen molar-refractivity contribution in [3.8, 4) is 34.5 Å². The summed E-state index contributed by atoms with van der Waals surface area (Å²) in [6.07, 6.45) is 10.6. The van der Waals surface area contributed by atoms with Crippen LogP contribution < -0.4 is 24.7 Å². The number of hydrogen-bond acceptors (Lipinski definition) is 12. The summed E-state index contributed by atoms with van der Waals surface area (Å²) in [5.74, 6) is 3.77. The Labute approximate surface area is 460 Å². The smallest absolute Gasteiger partial charge is 0.141 e. The number of hydrogen-bond donors (Lipinski definition) is 1. The van der Waals surface area contributed by atoms with Crippen molar-refractivity contribution in [2.45, 2.75) is 72.1 Å². The van der Waals surface area contributed by atoms with Gasteiger partial charge >= 0.3 is 0 Å². The van der Waals surface area contributed by atoms with Crippen molar-refractivity contribution in [2.75, 3.05) is 84.6 Å². The predicted octanol–water partition coefficient (Wildman–Crippen LogP) is 13.1. The molecule has 15 heteroatoms. The molecule has 0 aliphatic carbocycles. The van der Waals surface area contributed by atoms with E-state index in [0.29, 0.717) is 68.2 Å². The maximum atomic E-state index is 14.1. The molecule has 404 valence electrons. The van der Waals surface area contributed by atoms with E-state index in [0.717, 1.165) is 121 Å². The molecule has 2 spiro atoms. The first-order valence-corrected chi connectivity index (χ1v) is 27.6. The van der Waals surface area contributed by atoms with E-state index in [-0.39, 0.29) is 24.4 Å². The molecule has 2 aromatic heterocycles. The third-order valence-corrected chi connectivity index (χ3v) is 16.3. The van der Waals surface area contributed by atoms with Gasteiger partial charge in [0.1, 0.15) is 46.1 Å². The Morgan fingerprint density at radius 2 is 1.10 bits per heavy atom. The Bertz CT molecular complexity index is 3220. The van der Waals surface area contributed by atoms with E-state index in [1.54, 1.807) is 60.9 Å². The molecule has 12 nitrogen and oxygen atoms in total. The second-order valence-electron chi connectivity index (χ2n) is 21.6. The standard InChI is InChI=1S/C36H38ClFN2O4.C26H30ClN3O3/c1-24-4-7-32(38)27(16-24)19-28(41)18-26-5-6-29(20-31(26)37)44-34-8-11-39-33-21-35(25(2)17-30(33)34)43-15-3-12-40-13-9-36(10-14-40)22-42-23-36;1-18-13-20-23(29-8-5-24(20)33-19-3-4-22(28)21(27)14-19)15-25(18)32-12-2-9-30-10-6-26(7-11-30)16-31-17-26/h4-8,11,16-17,20-21H,3,9-10,12-15,18-19,22-23H2,1-2H3;3-5,8,13-15H,2,6-7,9-12,16-17,28H2,1H3. The van der Waals surface area contributed by atoms with Crippen LogP contribution in [-0.2, 0) is 27.1 Å². The van der Waals surface area contributed by atoms with Crippen LogP contribution in [0.3, 0.4) is 0 Å². The van der Waals surface area contributed by atoms with Crippen molar-refractivity contribution < 1.29 is 37.6 Å². The number of carbonyl (C=O) groups excluding carboxylic acids is 1. The lowest BCUT2D eigenvalue weighted by Crippen LogP contribution is -2.51. The Morgan fingerprint density at radius 3 is 1.58 bits per heavy atom. The minimum absolute atomic E-state index is 0.0192. The molecule has 0 amide bonds. The van der Waals surface area contributed by atoms with Gasteiger partial charge in [-0.05, 0) is 162 Å². The van der Waals surface area contributed by atoms with Gasteiger partial charge in [0.2, 0.25) is 0 Å². The van der Waals surface area contributed by atoms with E-state index in [9.17, 15) is 9.18 Å². The van der Waals surface area contributed by atoms with Gasteiger partial charge in [0.05, 0.1) is 61.4 Å². The molecule has 4 aliphatic heterocycles. The maximum Gasteiger partial charge on any atom is 0.141 e. The number of pyridine rings is 2. The fourth-order valence-corrected chi connectivity index (χ4v) is 11.1. The van der Waals surface area contributed by atoms with Crippen LogP contribution in [-0.4, -0.2) is 104 Å². The largest absolute Gasteiger partial charge is 0.493 e. The number of anilines is 1. The Hall–Kier alpha value is -6.06. The van der Waals surface area contributed by atoms with Crippen molar-refractivity contribution in [2.24, 2.45) is 10.8 Å². The second kappa shape index (κ2) is 24.3. The van der Waals surface area contributed by atoms with Crippen molar-refractivity contribution >= 4 is 56.5 Å². The number of ketones is 1. The number of Topliss-reactive ketones (excluding diaryl/α,β-unsaturated/α-hetero) is 1. The van der Waals surface area contributed by atoms with Gasteiger partial charge in [-0.2, -0.15) is 0 Å². The topological polar surface area (TPSA) is 131 Å². The highest BCUT2D eigenvalue weighted by molar-refractivity contribution is 6.33. The highest BCUT2D eigenvalue weighted by Crippen LogP contribution is 2.41. The molecule has 0 atom stereocenters. The molecule has 4 fully saturated rings. The number of nitrogens with zero attached hydrogens (tertiary/aromatic N) is 4. The summed E-state index contributed by atoms with van der Waals surface area (Å²) in [7, 11) is 0. The number of nitrogen functional groups attached to an aromatic ring is 1. The molecule has 11 rings (SSSR count). The van der Waals surface area contributed by atoms with Crippen LogP contribution in [0.2, 0.25) is 10.0 Å². The van der Waals surface area contributed by atoms with Gasteiger partial charge in [0.15, 0.2) is 0 Å². The van der Waals surface area contributed by atoms with E-state index in [4.69, 9.17) is 57.4 Å². The number of carbonyl (C=O) groups is 1. The second-order valence-corrected chi connectivity index (χ2v) is 22.4. The number of fused-ring (bicyclic) bond motifs is 2. The number of aromatic nitrogens is 2. The van der Waals surface area contributed by atoms with Crippen molar-refractivity contribution in [1.29, 1.82) is 0 Å². The lowest BCUT2D eigenvalue weighted by molar-refractivity contribution is -0.139. The average molecular weight is 1090 g/mol.